The van der Waals surface area contributed by atoms with Crippen LogP contribution in [0.4, 0.5) is 0 Å². The van der Waals surface area contributed by atoms with Crippen LogP contribution in [0.3, 0.4) is 0 Å². The average Bonchev–Trinajstić information content (AvgIpc) is 2.47. The van der Waals surface area contributed by atoms with E-state index in [-0.39, 0.29) is 12.6 Å². The summed E-state index contributed by atoms with van der Waals surface area (Å²) < 4.78 is 39.2. The highest BCUT2D eigenvalue weighted by Gasteiger charge is 2.28. The van der Waals surface area contributed by atoms with Crippen molar-refractivity contribution in [2.24, 2.45) is 5.92 Å². The molecule has 20 heavy (non-hydrogen) atoms. The molecule has 2 fully saturated rings. The lowest BCUT2D eigenvalue weighted by Crippen LogP contribution is -2.49. The van der Waals surface area contributed by atoms with Crippen LogP contribution in [0, 0.1) is 5.92 Å². The van der Waals surface area contributed by atoms with Crippen molar-refractivity contribution >= 4 is 10.2 Å². The predicted octanol–water partition coefficient (Wildman–Crippen LogP) is -0.832. The van der Waals surface area contributed by atoms with Crippen LogP contribution in [0.1, 0.15) is 12.8 Å². The van der Waals surface area contributed by atoms with Gasteiger partial charge in [0.1, 0.15) is 0 Å². The minimum atomic E-state index is -3.39. The fourth-order valence-electron chi connectivity index (χ4n) is 2.59. The van der Waals surface area contributed by atoms with Gasteiger partial charge in [-0.2, -0.15) is 17.4 Å². The van der Waals surface area contributed by atoms with E-state index in [9.17, 15) is 8.42 Å². The standard InChI is InChI=1S/C12H25N3O4S/c1-13-8-11-2-4-15(5-3-11)20(16,17)14-9-12-10-18-6-7-19-12/h11-14H,2-10H2,1H3. The summed E-state index contributed by atoms with van der Waals surface area (Å²) in [5, 5.41) is 3.15. The van der Waals surface area contributed by atoms with Gasteiger partial charge >= 0.3 is 0 Å². The molecule has 0 radical (unpaired) electrons. The molecular formula is C12H25N3O4S. The molecule has 118 valence electrons. The molecule has 0 aromatic rings. The van der Waals surface area contributed by atoms with Gasteiger partial charge < -0.3 is 14.8 Å². The van der Waals surface area contributed by atoms with E-state index in [0.29, 0.717) is 38.8 Å². The van der Waals surface area contributed by atoms with Crippen LogP contribution < -0.4 is 10.0 Å². The van der Waals surface area contributed by atoms with E-state index in [1.807, 2.05) is 7.05 Å². The third kappa shape index (κ3) is 4.64. The van der Waals surface area contributed by atoms with Crippen LogP contribution in [0.2, 0.25) is 0 Å². The lowest BCUT2D eigenvalue weighted by molar-refractivity contribution is -0.0847. The Morgan fingerprint density at radius 3 is 2.55 bits per heavy atom. The van der Waals surface area contributed by atoms with Gasteiger partial charge in [0.2, 0.25) is 0 Å². The van der Waals surface area contributed by atoms with Crippen molar-refractivity contribution in [3.8, 4) is 0 Å². The van der Waals surface area contributed by atoms with E-state index >= 15 is 0 Å². The molecule has 2 aliphatic rings. The van der Waals surface area contributed by atoms with E-state index in [2.05, 4.69) is 10.0 Å². The van der Waals surface area contributed by atoms with Gasteiger partial charge in [-0.15, -0.1) is 0 Å². The smallest absolute Gasteiger partial charge is 0.279 e. The number of hydrogen-bond donors (Lipinski definition) is 2. The molecule has 0 bridgehead atoms. The third-order valence-electron chi connectivity index (χ3n) is 3.78. The van der Waals surface area contributed by atoms with Crippen molar-refractivity contribution < 1.29 is 17.9 Å². The van der Waals surface area contributed by atoms with Crippen LogP contribution in [0.5, 0.6) is 0 Å². The fourth-order valence-corrected chi connectivity index (χ4v) is 3.86. The Labute approximate surface area is 121 Å². The van der Waals surface area contributed by atoms with E-state index in [1.165, 1.54) is 4.31 Å². The first-order valence-corrected chi connectivity index (χ1v) is 8.64. The largest absolute Gasteiger partial charge is 0.376 e. The summed E-state index contributed by atoms with van der Waals surface area (Å²) in [6.45, 7) is 3.97. The first-order chi connectivity index (χ1) is 9.62. The Balaban J connectivity index is 1.75. The van der Waals surface area contributed by atoms with Crippen LogP contribution in [-0.2, 0) is 19.7 Å². The molecule has 0 aromatic carbocycles. The van der Waals surface area contributed by atoms with Crippen LogP contribution >= 0.6 is 0 Å². The van der Waals surface area contributed by atoms with Crippen LogP contribution in [0.15, 0.2) is 0 Å². The minimum absolute atomic E-state index is 0.180. The summed E-state index contributed by atoms with van der Waals surface area (Å²) in [5.41, 5.74) is 0. The van der Waals surface area contributed by atoms with Gasteiger partial charge in [0, 0.05) is 19.6 Å². The Hall–Kier alpha value is -0.250. The average molecular weight is 307 g/mol. The zero-order valence-electron chi connectivity index (χ0n) is 12.0. The molecule has 2 saturated heterocycles. The Kier molecular flexibility index (Phi) is 6.19. The summed E-state index contributed by atoms with van der Waals surface area (Å²) in [7, 11) is -1.47. The zero-order valence-corrected chi connectivity index (χ0v) is 12.8. The molecule has 0 amide bonds. The lowest BCUT2D eigenvalue weighted by atomic mass is 9.98. The van der Waals surface area contributed by atoms with Crippen molar-refractivity contribution in [3.63, 3.8) is 0 Å². The molecule has 2 N–H and O–H groups in total. The highest BCUT2D eigenvalue weighted by atomic mass is 32.2. The van der Waals surface area contributed by atoms with Gasteiger partial charge in [-0.1, -0.05) is 0 Å². The van der Waals surface area contributed by atoms with Crippen molar-refractivity contribution in [1.82, 2.24) is 14.3 Å². The van der Waals surface area contributed by atoms with Crippen molar-refractivity contribution in [2.75, 3.05) is 53.0 Å². The number of nitrogens with one attached hydrogen (secondary N) is 2. The van der Waals surface area contributed by atoms with Gasteiger partial charge in [0.25, 0.3) is 10.2 Å². The van der Waals surface area contributed by atoms with Crippen LogP contribution in [-0.4, -0.2) is 71.9 Å². The number of hydrogen-bond acceptors (Lipinski definition) is 5. The first kappa shape index (κ1) is 16.1. The summed E-state index contributed by atoms with van der Waals surface area (Å²) in [5.74, 6) is 0.571. The normalized spacial score (nSPS) is 26.8. The molecule has 1 atom stereocenters. The molecule has 1 unspecified atom stereocenters. The summed E-state index contributed by atoms with van der Waals surface area (Å²) >= 11 is 0. The number of ether oxygens (including phenoxy) is 2. The Morgan fingerprint density at radius 2 is 1.95 bits per heavy atom. The second kappa shape index (κ2) is 7.67. The lowest BCUT2D eigenvalue weighted by Gasteiger charge is -2.31. The molecule has 8 heteroatoms. The van der Waals surface area contributed by atoms with Gasteiger partial charge in [0.05, 0.1) is 25.9 Å². The number of piperidine rings is 1. The van der Waals surface area contributed by atoms with Crippen molar-refractivity contribution in [2.45, 2.75) is 18.9 Å². The first-order valence-electron chi connectivity index (χ1n) is 7.20. The summed E-state index contributed by atoms with van der Waals surface area (Å²) in [6.07, 6.45) is 1.63. The third-order valence-corrected chi connectivity index (χ3v) is 5.36. The van der Waals surface area contributed by atoms with Gasteiger partial charge in [-0.3, -0.25) is 0 Å². The molecule has 0 aliphatic carbocycles. The Morgan fingerprint density at radius 1 is 1.20 bits per heavy atom. The Bertz CT molecular complexity index is 376. The minimum Gasteiger partial charge on any atom is -0.376 e. The van der Waals surface area contributed by atoms with E-state index in [0.717, 1.165) is 19.4 Å². The van der Waals surface area contributed by atoms with Gasteiger partial charge in [-0.25, -0.2) is 0 Å². The molecule has 0 aromatic heterocycles. The molecule has 0 saturated carbocycles. The molecular weight excluding hydrogens is 282 g/mol. The van der Waals surface area contributed by atoms with E-state index < -0.39 is 10.2 Å². The fraction of sp³-hybridized carbons (Fsp3) is 1.00. The van der Waals surface area contributed by atoms with Gasteiger partial charge in [0.15, 0.2) is 0 Å². The maximum Gasteiger partial charge on any atom is 0.279 e. The second-order valence-electron chi connectivity index (χ2n) is 5.32. The number of rotatable bonds is 6. The molecule has 2 heterocycles. The van der Waals surface area contributed by atoms with Gasteiger partial charge in [-0.05, 0) is 32.4 Å². The summed E-state index contributed by atoms with van der Waals surface area (Å²) in [6, 6.07) is 0. The quantitative estimate of drug-likeness (QED) is 0.669. The molecule has 7 nitrogen and oxygen atoms in total. The number of nitrogens with zero attached hydrogens (tertiary/aromatic N) is 1. The maximum absolute atomic E-state index is 12.2. The highest BCUT2D eigenvalue weighted by Crippen LogP contribution is 2.18. The predicted molar refractivity (Wildman–Crippen MR) is 75.7 cm³/mol. The topological polar surface area (TPSA) is 79.9 Å². The van der Waals surface area contributed by atoms with E-state index in [1.54, 1.807) is 0 Å². The van der Waals surface area contributed by atoms with Crippen LogP contribution in [0.25, 0.3) is 0 Å². The van der Waals surface area contributed by atoms with Crippen molar-refractivity contribution in [1.29, 1.82) is 0 Å². The molecule has 2 rings (SSSR count). The monoisotopic (exact) mass is 307 g/mol. The van der Waals surface area contributed by atoms with Crippen molar-refractivity contribution in [3.05, 3.63) is 0 Å². The second-order valence-corrected chi connectivity index (χ2v) is 7.08. The maximum atomic E-state index is 12.2. The summed E-state index contributed by atoms with van der Waals surface area (Å²) in [4.78, 5) is 0. The van der Waals surface area contributed by atoms with E-state index in [4.69, 9.17) is 9.47 Å². The molecule has 2 aliphatic heterocycles. The molecule has 0 spiro atoms. The highest BCUT2D eigenvalue weighted by molar-refractivity contribution is 7.87. The zero-order chi connectivity index (χ0) is 14.4. The SMILES string of the molecule is CNCC1CCN(S(=O)(=O)NCC2COCCO2)CC1.